The average Bonchev–Trinajstić information content (AvgIpc) is 2.53. The second-order valence-electron chi connectivity index (χ2n) is 5.14. The Bertz CT molecular complexity index is 351. The molecule has 0 aliphatic carbocycles. The summed E-state index contributed by atoms with van der Waals surface area (Å²) in [4.78, 5) is 10.7. The molecule has 126 valence electrons. The van der Waals surface area contributed by atoms with Crippen LogP contribution in [0, 0.1) is 0 Å². The van der Waals surface area contributed by atoms with Crippen molar-refractivity contribution in [1.82, 2.24) is 11.0 Å². The SMILES string of the molecule is C=C/C=C\C(=C)CNCCONOC(CC)C(=C)CCCC. The van der Waals surface area contributed by atoms with Crippen LogP contribution >= 0.6 is 0 Å². The Hall–Kier alpha value is -1.20. The first-order valence-corrected chi connectivity index (χ1v) is 8.03. The van der Waals surface area contributed by atoms with Gasteiger partial charge < -0.3 is 5.32 Å². The number of allylic oxidation sites excluding steroid dienone is 2. The maximum absolute atomic E-state index is 5.49. The molecule has 0 aromatic rings. The zero-order valence-corrected chi connectivity index (χ0v) is 14.2. The van der Waals surface area contributed by atoms with Crippen LogP contribution in [0.4, 0.5) is 0 Å². The van der Waals surface area contributed by atoms with Crippen LogP contribution in [0.25, 0.3) is 0 Å². The van der Waals surface area contributed by atoms with Gasteiger partial charge in [0.15, 0.2) is 0 Å². The molecule has 0 aromatic carbocycles. The molecule has 4 nitrogen and oxygen atoms in total. The van der Waals surface area contributed by atoms with Gasteiger partial charge in [0, 0.05) is 13.1 Å². The van der Waals surface area contributed by atoms with Crippen LogP contribution in [-0.2, 0) is 9.68 Å². The van der Waals surface area contributed by atoms with Gasteiger partial charge in [0.2, 0.25) is 0 Å². The molecule has 0 aliphatic rings. The van der Waals surface area contributed by atoms with Crippen LogP contribution in [0.5, 0.6) is 0 Å². The average molecular weight is 308 g/mol. The predicted molar refractivity (Wildman–Crippen MR) is 94.3 cm³/mol. The monoisotopic (exact) mass is 308 g/mol. The fraction of sp³-hybridized carbons (Fsp3) is 0.556. The minimum Gasteiger partial charge on any atom is -0.310 e. The van der Waals surface area contributed by atoms with Crippen molar-refractivity contribution in [3.63, 3.8) is 0 Å². The van der Waals surface area contributed by atoms with Crippen molar-refractivity contribution < 1.29 is 9.68 Å². The molecule has 0 saturated carbocycles. The Morgan fingerprint density at radius 1 is 1.27 bits per heavy atom. The predicted octanol–water partition coefficient (Wildman–Crippen LogP) is 3.85. The highest BCUT2D eigenvalue weighted by molar-refractivity contribution is 5.19. The summed E-state index contributed by atoms with van der Waals surface area (Å²) in [6.07, 6.45) is 9.72. The lowest BCUT2D eigenvalue weighted by atomic mass is 10.0. The van der Waals surface area contributed by atoms with Gasteiger partial charge >= 0.3 is 0 Å². The highest BCUT2D eigenvalue weighted by Gasteiger charge is 2.10. The summed E-state index contributed by atoms with van der Waals surface area (Å²) in [5, 5.41) is 3.22. The molecule has 0 bridgehead atoms. The summed E-state index contributed by atoms with van der Waals surface area (Å²) < 4.78 is 0. The van der Waals surface area contributed by atoms with E-state index in [-0.39, 0.29) is 6.10 Å². The molecule has 2 N–H and O–H groups in total. The largest absolute Gasteiger partial charge is 0.310 e. The third-order valence-corrected chi connectivity index (χ3v) is 3.13. The number of unbranched alkanes of at least 4 members (excludes halogenated alkanes) is 1. The van der Waals surface area contributed by atoms with E-state index in [2.05, 4.69) is 44.5 Å². The van der Waals surface area contributed by atoms with Crippen LogP contribution in [0.2, 0.25) is 0 Å². The zero-order chi connectivity index (χ0) is 16.6. The summed E-state index contributed by atoms with van der Waals surface area (Å²) in [6.45, 7) is 17.8. The van der Waals surface area contributed by atoms with Crippen molar-refractivity contribution in [3.8, 4) is 0 Å². The Morgan fingerprint density at radius 3 is 2.68 bits per heavy atom. The lowest BCUT2D eigenvalue weighted by Gasteiger charge is -2.18. The molecule has 1 unspecified atom stereocenters. The first-order chi connectivity index (χ1) is 10.7. The van der Waals surface area contributed by atoms with Crippen LogP contribution in [0.15, 0.2) is 49.1 Å². The zero-order valence-electron chi connectivity index (χ0n) is 14.2. The van der Waals surface area contributed by atoms with E-state index in [1.807, 2.05) is 12.2 Å². The summed E-state index contributed by atoms with van der Waals surface area (Å²) >= 11 is 0. The fourth-order valence-electron chi connectivity index (χ4n) is 1.79. The topological polar surface area (TPSA) is 42.5 Å². The second kappa shape index (κ2) is 14.7. The lowest BCUT2D eigenvalue weighted by molar-refractivity contribution is -0.189. The minimum atomic E-state index is 0.00308. The Balaban J connectivity index is 3.62. The lowest BCUT2D eigenvalue weighted by Crippen LogP contribution is -2.29. The molecule has 4 heteroatoms. The van der Waals surface area contributed by atoms with E-state index in [0.29, 0.717) is 13.2 Å². The van der Waals surface area contributed by atoms with Gasteiger partial charge in [-0.25, -0.2) is 0 Å². The van der Waals surface area contributed by atoms with E-state index in [0.717, 1.165) is 37.0 Å². The number of rotatable bonds is 15. The molecule has 0 aromatic heterocycles. The van der Waals surface area contributed by atoms with Crippen LogP contribution in [-0.4, -0.2) is 25.8 Å². The Morgan fingerprint density at radius 2 is 2.05 bits per heavy atom. The van der Waals surface area contributed by atoms with Gasteiger partial charge in [-0.1, -0.05) is 63.9 Å². The molecule has 0 radical (unpaired) electrons. The second-order valence-corrected chi connectivity index (χ2v) is 5.14. The van der Waals surface area contributed by atoms with E-state index < -0.39 is 0 Å². The quantitative estimate of drug-likeness (QED) is 0.209. The van der Waals surface area contributed by atoms with Gasteiger partial charge in [-0.2, -0.15) is 0 Å². The smallest absolute Gasteiger partial charge is 0.102 e. The number of hydrogen-bond donors (Lipinski definition) is 2. The van der Waals surface area contributed by atoms with E-state index in [4.69, 9.17) is 9.68 Å². The number of hydrogen-bond acceptors (Lipinski definition) is 4. The van der Waals surface area contributed by atoms with Crippen molar-refractivity contribution in [2.75, 3.05) is 19.7 Å². The van der Waals surface area contributed by atoms with Crippen molar-refractivity contribution in [2.24, 2.45) is 0 Å². The Labute approximate surface area is 135 Å². The molecule has 0 heterocycles. The third-order valence-electron chi connectivity index (χ3n) is 3.13. The van der Waals surface area contributed by atoms with Crippen LogP contribution in [0.3, 0.4) is 0 Å². The van der Waals surface area contributed by atoms with Crippen molar-refractivity contribution in [2.45, 2.75) is 45.6 Å². The van der Waals surface area contributed by atoms with Gasteiger partial charge in [0.1, 0.15) is 6.10 Å². The molecule has 0 fully saturated rings. The molecule has 0 aliphatic heterocycles. The summed E-state index contributed by atoms with van der Waals surface area (Å²) in [7, 11) is 0. The summed E-state index contributed by atoms with van der Waals surface area (Å²) in [5.41, 5.74) is 4.68. The highest BCUT2D eigenvalue weighted by atomic mass is 16.9. The van der Waals surface area contributed by atoms with Crippen molar-refractivity contribution >= 4 is 0 Å². The van der Waals surface area contributed by atoms with E-state index in [9.17, 15) is 0 Å². The Kier molecular flexibility index (Phi) is 13.9. The van der Waals surface area contributed by atoms with Gasteiger partial charge in [-0.15, -0.1) is 0 Å². The third kappa shape index (κ3) is 11.5. The first-order valence-electron chi connectivity index (χ1n) is 8.03. The van der Waals surface area contributed by atoms with Crippen LogP contribution < -0.4 is 11.0 Å². The molecule has 0 amide bonds. The molecule has 0 rings (SSSR count). The van der Waals surface area contributed by atoms with Crippen LogP contribution in [0.1, 0.15) is 39.5 Å². The minimum absolute atomic E-state index is 0.00308. The van der Waals surface area contributed by atoms with Gasteiger partial charge in [-0.3, -0.25) is 9.68 Å². The fourth-order valence-corrected chi connectivity index (χ4v) is 1.79. The molecule has 1 atom stereocenters. The van der Waals surface area contributed by atoms with E-state index >= 15 is 0 Å². The van der Waals surface area contributed by atoms with Crippen molar-refractivity contribution in [1.29, 1.82) is 0 Å². The van der Waals surface area contributed by atoms with E-state index in [1.54, 1.807) is 6.08 Å². The van der Waals surface area contributed by atoms with Gasteiger partial charge in [0.25, 0.3) is 0 Å². The highest BCUT2D eigenvalue weighted by Crippen LogP contribution is 2.14. The standard InChI is InChI=1S/C18H32N2O2/c1-6-9-11-16(4)15-19-13-14-21-20-22-18(8-3)17(5)12-10-7-2/h6,9,11,18-20H,1,4-5,7-8,10,12-15H2,2-3H3/b11-9-. The van der Waals surface area contributed by atoms with Gasteiger partial charge in [0.05, 0.1) is 6.61 Å². The maximum atomic E-state index is 5.49. The summed E-state index contributed by atoms with van der Waals surface area (Å²) in [6, 6.07) is 0. The molecule has 22 heavy (non-hydrogen) atoms. The summed E-state index contributed by atoms with van der Waals surface area (Å²) in [5.74, 6) is 0. The maximum Gasteiger partial charge on any atom is 0.102 e. The normalized spacial score (nSPS) is 12.5. The molecule has 0 spiro atoms. The van der Waals surface area contributed by atoms with E-state index in [1.165, 1.54) is 6.42 Å². The molecular formula is C18H32N2O2. The molecular weight excluding hydrogens is 276 g/mol. The number of nitrogens with one attached hydrogen (secondary N) is 2. The van der Waals surface area contributed by atoms with Crippen molar-refractivity contribution in [3.05, 3.63) is 49.1 Å². The first kappa shape index (κ1) is 20.8. The molecule has 0 saturated heterocycles. The van der Waals surface area contributed by atoms with Gasteiger partial charge in [-0.05, 0) is 30.4 Å².